The Morgan fingerprint density at radius 1 is 1.53 bits per heavy atom. The van der Waals surface area contributed by atoms with Crippen molar-refractivity contribution in [3.05, 3.63) is 11.9 Å². The van der Waals surface area contributed by atoms with E-state index in [9.17, 15) is 8.42 Å². The fourth-order valence-electron chi connectivity index (χ4n) is 1.84. The molecule has 1 fully saturated rings. The predicted octanol–water partition coefficient (Wildman–Crippen LogP) is -0.128. The summed E-state index contributed by atoms with van der Waals surface area (Å²) < 4.78 is 27.5. The molecule has 1 aromatic rings. The Labute approximate surface area is 107 Å². The first kappa shape index (κ1) is 14.4. The van der Waals surface area contributed by atoms with E-state index in [1.807, 2.05) is 0 Å². The summed E-state index contributed by atoms with van der Waals surface area (Å²) in [5, 5.41) is 3.95. The molecular weight excluding hydrogens is 264 g/mol. The first-order chi connectivity index (χ1) is 7.43. The van der Waals surface area contributed by atoms with Gasteiger partial charge in [0.1, 0.15) is 4.90 Å². The van der Waals surface area contributed by atoms with E-state index in [0.717, 1.165) is 6.42 Å². The quantitative estimate of drug-likeness (QED) is 0.818. The van der Waals surface area contributed by atoms with E-state index in [0.29, 0.717) is 18.8 Å². The van der Waals surface area contributed by atoms with Gasteiger partial charge in [0.15, 0.2) is 0 Å². The molecule has 0 amide bonds. The van der Waals surface area contributed by atoms with Gasteiger partial charge in [-0.05, 0) is 13.3 Å². The molecule has 0 saturated carbocycles. The molecule has 0 aliphatic carbocycles. The van der Waals surface area contributed by atoms with Crippen molar-refractivity contribution in [3.8, 4) is 0 Å². The van der Waals surface area contributed by atoms with Crippen LogP contribution >= 0.6 is 12.4 Å². The van der Waals surface area contributed by atoms with Gasteiger partial charge in [0, 0.05) is 26.2 Å². The zero-order valence-electron chi connectivity index (χ0n) is 9.83. The number of rotatable bonds is 2. The first-order valence-electron chi connectivity index (χ1n) is 5.17. The third-order valence-electron chi connectivity index (χ3n) is 3.00. The number of hydrogen-bond donors (Lipinski definition) is 1. The van der Waals surface area contributed by atoms with E-state index in [1.54, 1.807) is 18.7 Å². The first-order valence-corrected chi connectivity index (χ1v) is 6.61. The van der Waals surface area contributed by atoms with E-state index in [4.69, 9.17) is 5.73 Å². The van der Waals surface area contributed by atoms with Crippen LogP contribution in [0.25, 0.3) is 0 Å². The molecule has 2 N–H and O–H groups in total. The maximum Gasteiger partial charge on any atom is 0.246 e. The van der Waals surface area contributed by atoms with E-state index in [-0.39, 0.29) is 23.3 Å². The largest absolute Gasteiger partial charge is 0.326 e. The number of aryl methyl sites for hydroxylation is 1. The van der Waals surface area contributed by atoms with Crippen molar-refractivity contribution >= 4 is 22.4 Å². The summed E-state index contributed by atoms with van der Waals surface area (Å²) in [7, 11) is -1.69. The highest BCUT2D eigenvalue weighted by atomic mass is 35.5. The monoisotopic (exact) mass is 280 g/mol. The molecule has 1 aromatic heterocycles. The van der Waals surface area contributed by atoms with Gasteiger partial charge in [-0.3, -0.25) is 4.68 Å². The summed E-state index contributed by atoms with van der Waals surface area (Å²) >= 11 is 0. The van der Waals surface area contributed by atoms with Crippen molar-refractivity contribution in [1.82, 2.24) is 14.1 Å². The number of aromatic nitrogens is 2. The molecule has 0 aromatic carbocycles. The molecule has 1 atom stereocenters. The SMILES string of the molecule is Cc1c(S(=O)(=O)N2CC[C@@H](N)C2)cnn1C.Cl. The van der Waals surface area contributed by atoms with Crippen LogP contribution in [-0.2, 0) is 17.1 Å². The zero-order chi connectivity index (χ0) is 11.9. The van der Waals surface area contributed by atoms with Gasteiger partial charge in [-0.2, -0.15) is 9.40 Å². The molecule has 0 radical (unpaired) electrons. The fourth-order valence-corrected chi connectivity index (χ4v) is 3.54. The molecule has 1 aliphatic heterocycles. The minimum atomic E-state index is -3.41. The van der Waals surface area contributed by atoms with Crippen molar-refractivity contribution < 1.29 is 8.42 Å². The molecule has 98 valence electrons. The predicted molar refractivity (Wildman–Crippen MR) is 66.5 cm³/mol. The zero-order valence-corrected chi connectivity index (χ0v) is 11.5. The van der Waals surface area contributed by atoms with Gasteiger partial charge >= 0.3 is 0 Å². The third kappa shape index (κ3) is 2.47. The van der Waals surface area contributed by atoms with Crippen LogP contribution < -0.4 is 5.73 Å². The molecule has 2 rings (SSSR count). The van der Waals surface area contributed by atoms with Crippen LogP contribution in [0.2, 0.25) is 0 Å². The molecule has 0 spiro atoms. The Balaban J connectivity index is 0.00000144. The number of hydrogen-bond acceptors (Lipinski definition) is 4. The van der Waals surface area contributed by atoms with Crippen molar-refractivity contribution in [1.29, 1.82) is 0 Å². The topological polar surface area (TPSA) is 81.2 Å². The summed E-state index contributed by atoms with van der Waals surface area (Å²) in [6, 6.07) is -0.0493. The summed E-state index contributed by atoms with van der Waals surface area (Å²) in [5.41, 5.74) is 6.37. The van der Waals surface area contributed by atoms with E-state index >= 15 is 0 Å². The minimum Gasteiger partial charge on any atom is -0.326 e. The van der Waals surface area contributed by atoms with E-state index in [2.05, 4.69) is 5.10 Å². The lowest BCUT2D eigenvalue weighted by atomic mass is 10.3. The van der Waals surface area contributed by atoms with Crippen LogP contribution in [0.1, 0.15) is 12.1 Å². The lowest BCUT2D eigenvalue weighted by molar-refractivity contribution is 0.472. The van der Waals surface area contributed by atoms with Gasteiger partial charge in [-0.1, -0.05) is 0 Å². The van der Waals surface area contributed by atoms with Crippen molar-refractivity contribution in [3.63, 3.8) is 0 Å². The van der Waals surface area contributed by atoms with Gasteiger partial charge in [0.05, 0.1) is 11.9 Å². The smallest absolute Gasteiger partial charge is 0.246 e. The highest BCUT2D eigenvalue weighted by molar-refractivity contribution is 7.89. The van der Waals surface area contributed by atoms with Crippen LogP contribution in [0.15, 0.2) is 11.1 Å². The summed E-state index contributed by atoms with van der Waals surface area (Å²) in [5.74, 6) is 0. The Kier molecular flexibility index (Phi) is 4.19. The van der Waals surface area contributed by atoms with Crippen LogP contribution in [0.4, 0.5) is 0 Å². The third-order valence-corrected chi connectivity index (χ3v) is 4.96. The highest BCUT2D eigenvalue weighted by Gasteiger charge is 2.32. The molecule has 2 heterocycles. The molecule has 0 bridgehead atoms. The second-order valence-electron chi connectivity index (χ2n) is 4.13. The van der Waals surface area contributed by atoms with Crippen molar-refractivity contribution in [2.45, 2.75) is 24.3 Å². The number of nitrogens with two attached hydrogens (primary N) is 1. The van der Waals surface area contributed by atoms with Gasteiger partial charge in [0.25, 0.3) is 0 Å². The Morgan fingerprint density at radius 2 is 2.18 bits per heavy atom. The highest BCUT2D eigenvalue weighted by Crippen LogP contribution is 2.22. The second kappa shape index (κ2) is 4.93. The van der Waals surface area contributed by atoms with Gasteiger partial charge in [0.2, 0.25) is 10.0 Å². The fraction of sp³-hybridized carbons (Fsp3) is 0.667. The Hall–Kier alpha value is -0.630. The Bertz CT molecular complexity index is 499. The van der Waals surface area contributed by atoms with Crippen LogP contribution in [0.5, 0.6) is 0 Å². The van der Waals surface area contributed by atoms with Crippen molar-refractivity contribution in [2.24, 2.45) is 12.8 Å². The lowest BCUT2D eigenvalue weighted by Gasteiger charge is -2.15. The summed E-state index contributed by atoms with van der Waals surface area (Å²) in [6.07, 6.45) is 2.12. The van der Waals surface area contributed by atoms with E-state index in [1.165, 1.54) is 10.5 Å². The summed E-state index contributed by atoms with van der Waals surface area (Å²) in [4.78, 5) is 0.282. The van der Waals surface area contributed by atoms with Crippen molar-refractivity contribution in [2.75, 3.05) is 13.1 Å². The molecule has 1 aliphatic rings. The van der Waals surface area contributed by atoms with Crippen LogP contribution in [0.3, 0.4) is 0 Å². The van der Waals surface area contributed by atoms with Gasteiger partial charge < -0.3 is 5.73 Å². The average Bonchev–Trinajstić information content (AvgIpc) is 2.76. The minimum absolute atomic E-state index is 0. The van der Waals surface area contributed by atoms with Crippen LogP contribution in [-0.4, -0.2) is 41.6 Å². The second-order valence-corrected chi connectivity index (χ2v) is 6.04. The molecule has 17 heavy (non-hydrogen) atoms. The van der Waals surface area contributed by atoms with E-state index < -0.39 is 10.0 Å². The molecule has 0 unspecified atom stereocenters. The average molecular weight is 281 g/mol. The standard InChI is InChI=1S/C9H16N4O2S.ClH/c1-7-9(5-11-12(7)2)16(14,15)13-4-3-8(10)6-13;/h5,8H,3-4,6,10H2,1-2H3;1H/t8-;/m1./s1. The maximum absolute atomic E-state index is 12.2. The molecule has 8 heteroatoms. The maximum atomic E-state index is 12.2. The number of halogens is 1. The molecular formula is C9H17ClN4O2S. The van der Waals surface area contributed by atoms with Gasteiger partial charge in [-0.15, -0.1) is 12.4 Å². The lowest BCUT2D eigenvalue weighted by Crippen LogP contribution is -2.32. The number of nitrogens with zero attached hydrogens (tertiary/aromatic N) is 3. The summed E-state index contributed by atoms with van der Waals surface area (Å²) in [6.45, 7) is 2.64. The Morgan fingerprint density at radius 3 is 2.59 bits per heavy atom. The van der Waals surface area contributed by atoms with Gasteiger partial charge in [-0.25, -0.2) is 8.42 Å². The normalized spacial score (nSPS) is 21.5. The van der Waals surface area contributed by atoms with Crippen LogP contribution in [0, 0.1) is 6.92 Å². The molecule has 6 nitrogen and oxygen atoms in total. The number of sulfonamides is 1. The molecule has 1 saturated heterocycles.